The summed E-state index contributed by atoms with van der Waals surface area (Å²) in [6.07, 6.45) is 2.50. The summed E-state index contributed by atoms with van der Waals surface area (Å²) < 4.78 is 0. The predicted octanol–water partition coefficient (Wildman–Crippen LogP) is 1.58. The molecule has 3 heteroatoms. The van der Waals surface area contributed by atoms with Crippen LogP contribution in [0.1, 0.15) is 24.3 Å². The Morgan fingerprint density at radius 3 is 2.94 bits per heavy atom. The Bertz CT molecular complexity index is 480. The molecule has 0 radical (unpaired) electrons. The zero-order valence-electron chi connectivity index (χ0n) is 9.82. The summed E-state index contributed by atoms with van der Waals surface area (Å²) in [6.45, 7) is 2.15. The lowest BCUT2D eigenvalue weighted by Gasteiger charge is -2.40. The maximum absolute atomic E-state index is 4.87. The SMILES string of the molecule is c1ccc2c(c1)N=C1C2CCC2NCCNC12. The van der Waals surface area contributed by atoms with Gasteiger partial charge in [-0.05, 0) is 24.5 Å². The van der Waals surface area contributed by atoms with Crippen molar-refractivity contribution in [1.29, 1.82) is 0 Å². The zero-order valence-corrected chi connectivity index (χ0v) is 9.82. The van der Waals surface area contributed by atoms with Crippen molar-refractivity contribution in [3.8, 4) is 0 Å². The van der Waals surface area contributed by atoms with E-state index in [0.717, 1.165) is 13.1 Å². The molecule has 4 rings (SSSR count). The number of piperazine rings is 1. The van der Waals surface area contributed by atoms with Gasteiger partial charge in [-0.25, -0.2) is 0 Å². The molecule has 0 aromatic heterocycles. The summed E-state index contributed by atoms with van der Waals surface area (Å²) in [4.78, 5) is 4.87. The number of nitrogens with one attached hydrogen (secondary N) is 2. The lowest BCUT2D eigenvalue weighted by molar-refractivity contribution is 0.329. The highest BCUT2D eigenvalue weighted by molar-refractivity contribution is 6.02. The van der Waals surface area contributed by atoms with Crippen molar-refractivity contribution in [2.24, 2.45) is 4.99 Å². The Labute approximate surface area is 101 Å². The summed E-state index contributed by atoms with van der Waals surface area (Å²) in [6, 6.07) is 9.65. The van der Waals surface area contributed by atoms with Crippen molar-refractivity contribution in [2.75, 3.05) is 13.1 Å². The third-order valence-electron chi connectivity index (χ3n) is 4.30. The second-order valence-corrected chi connectivity index (χ2v) is 5.22. The fourth-order valence-corrected chi connectivity index (χ4v) is 3.52. The quantitative estimate of drug-likeness (QED) is 0.706. The highest BCUT2D eigenvalue weighted by Crippen LogP contribution is 2.42. The molecule has 1 saturated heterocycles. The normalized spacial score (nSPS) is 34.6. The minimum Gasteiger partial charge on any atom is -0.311 e. The molecule has 1 aromatic rings. The Morgan fingerprint density at radius 2 is 1.94 bits per heavy atom. The molecule has 3 nitrogen and oxygen atoms in total. The van der Waals surface area contributed by atoms with Gasteiger partial charge in [0.15, 0.2) is 0 Å². The molecule has 1 aliphatic carbocycles. The van der Waals surface area contributed by atoms with Gasteiger partial charge in [-0.1, -0.05) is 18.2 Å². The van der Waals surface area contributed by atoms with E-state index in [1.54, 1.807) is 0 Å². The molecule has 3 unspecified atom stereocenters. The van der Waals surface area contributed by atoms with Crippen molar-refractivity contribution in [2.45, 2.75) is 30.8 Å². The van der Waals surface area contributed by atoms with Crippen LogP contribution in [0.15, 0.2) is 29.3 Å². The van der Waals surface area contributed by atoms with E-state index >= 15 is 0 Å². The first-order valence-electron chi connectivity index (χ1n) is 6.57. The highest BCUT2D eigenvalue weighted by atomic mass is 15.1. The standard InChI is InChI=1S/C14H17N3/c1-2-4-11-9(3-1)10-5-6-12-14(13(10)17-11)16-8-7-15-12/h1-4,10,12,14-16H,5-8H2. The highest BCUT2D eigenvalue weighted by Gasteiger charge is 2.41. The number of benzene rings is 1. The molecular formula is C14H17N3. The molecule has 2 fully saturated rings. The fourth-order valence-electron chi connectivity index (χ4n) is 3.52. The van der Waals surface area contributed by atoms with Gasteiger partial charge in [0.05, 0.1) is 11.7 Å². The molecule has 1 aromatic carbocycles. The first kappa shape index (κ1) is 9.80. The summed E-state index contributed by atoms with van der Waals surface area (Å²) >= 11 is 0. The van der Waals surface area contributed by atoms with Crippen molar-refractivity contribution >= 4 is 11.4 Å². The Morgan fingerprint density at radius 1 is 1.06 bits per heavy atom. The molecule has 3 atom stereocenters. The van der Waals surface area contributed by atoms with Gasteiger partial charge in [-0.3, -0.25) is 4.99 Å². The number of aliphatic imine (C=N–C) groups is 1. The lowest BCUT2D eigenvalue weighted by atomic mass is 9.77. The molecule has 0 bridgehead atoms. The van der Waals surface area contributed by atoms with Crippen molar-refractivity contribution < 1.29 is 0 Å². The van der Waals surface area contributed by atoms with E-state index in [1.807, 2.05) is 0 Å². The molecule has 88 valence electrons. The van der Waals surface area contributed by atoms with Crippen LogP contribution in [-0.4, -0.2) is 30.9 Å². The van der Waals surface area contributed by atoms with Crippen LogP contribution in [0, 0.1) is 0 Å². The van der Waals surface area contributed by atoms with Crippen molar-refractivity contribution in [3.05, 3.63) is 29.8 Å². The topological polar surface area (TPSA) is 36.4 Å². The minimum atomic E-state index is 0.454. The van der Waals surface area contributed by atoms with Crippen LogP contribution in [-0.2, 0) is 0 Å². The van der Waals surface area contributed by atoms with E-state index in [0.29, 0.717) is 18.0 Å². The molecule has 3 aliphatic rings. The molecule has 2 heterocycles. The number of fused-ring (bicyclic) bond motifs is 5. The smallest absolute Gasteiger partial charge is 0.0668 e. The second kappa shape index (κ2) is 3.65. The number of para-hydroxylation sites is 1. The van der Waals surface area contributed by atoms with E-state index in [4.69, 9.17) is 4.99 Å². The van der Waals surface area contributed by atoms with Gasteiger partial charge in [0.1, 0.15) is 0 Å². The summed E-state index contributed by atoms with van der Waals surface area (Å²) in [5, 5.41) is 7.25. The molecule has 17 heavy (non-hydrogen) atoms. The zero-order chi connectivity index (χ0) is 11.2. The van der Waals surface area contributed by atoms with Gasteiger partial charge in [0.2, 0.25) is 0 Å². The molecule has 2 N–H and O–H groups in total. The summed E-state index contributed by atoms with van der Waals surface area (Å²) in [5.74, 6) is 0.569. The maximum atomic E-state index is 4.87. The Balaban J connectivity index is 1.75. The number of rotatable bonds is 0. The van der Waals surface area contributed by atoms with Crippen molar-refractivity contribution in [1.82, 2.24) is 10.6 Å². The molecule has 0 amide bonds. The molecule has 1 saturated carbocycles. The first-order chi connectivity index (χ1) is 8.43. The number of nitrogens with zero attached hydrogens (tertiary/aromatic N) is 1. The van der Waals surface area contributed by atoms with Gasteiger partial charge < -0.3 is 10.6 Å². The average Bonchev–Trinajstić information content (AvgIpc) is 2.78. The average molecular weight is 227 g/mol. The van der Waals surface area contributed by atoms with Crippen LogP contribution < -0.4 is 10.6 Å². The Kier molecular flexibility index (Phi) is 2.11. The predicted molar refractivity (Wildman–Crippen MR) is 69.1 cm³/mol. The van der Waals surface area contributed by atoms with Gasteiger partial charge >= 0.3 is 0 Å². The first-order valence-corrected chi connectivity index (χ1v) is 6.57. The molecule has 2 aliphatic heterocycles. The van der Waals surface area contributed by atoms with Crippen molar-refractivity contribution in [3.63, 3.8) is 0 Å². The van der Waals surface area contributed by atoms with Crippen LogP contribution in [0.2, 0.25) is 0 Å². The van der Waals surface area contributed by atoms with E-state index in [1.165, 1.54) is 29.8 Å². The fraction of sp³-hybridized carbons (Fsp3) is 0.500. The summed E-state index contributed by atoms with van der Waals surface area (Å²) in [7, 11) is 0. The third kappa shape index (κ3) is 1.39. The van der Waals surface area contributed by atoms with Crippen LogP contribution in [0.3, 0.4) is 0 Å². The van der Waals surface area contributed by atoms with Crippen LogP contribution >= 0.6 is 0 Å². The largest absolute Gasteiger partial charge is 0.311 e. The van der Waals surface area contributed by atoms with E-state index < -0.39 is 0 Å². The summed E-state index contributed by atoms with van der Waals surface area (Å²) in [5.41, 5.74) is 4.00. The minimum absolute atomic E-state index is 0.454. The van der Waals surface area contributed by atoms with Crippen LogP contribution in [0.4, 0.5) is 5.69 Å². The second-order valence-electron chi connectivity index (χ2n) is 5.22. The molecule has 0 spiro atoms. The van der Waals surface area contributed by atoms with Crippen LogP contribution in [0.5, 0.6) is 0 Å². The third-order valence-corrected chi connectivity index (χ3v) is 4.30. The molecular weight excluding hydrogens is 210 g/mol. The van der Waals surface area contributed by atoms with Gasteiger partial charge in [0, 0.05) is 30.8 Å². The van der Waals surface area contributed by atoms with Gasteiger partial charge in [0.25, 0.3) is 0 Å². The van der Waals surface area contributed by atoms with E-state index in [9.17, 15) is 0 Å². The number of hydrogen-bond donors (Lipinski definition) is 2. The van der Waals surface area contributed by atoms with Crippen LogP contribution in [0.25, 0.3) is 0 Å². The number of hydrogen-bond acceptors (Lipinski definition) is 3. The maximum Gasteiger partial charge on any atom is 0.0668 e. The van der Waals surface area contributed by atoms with Gasteiger partial charge in [-0.2, -0.15) is 0 Å². The van der Waals surface area contributed by atoms with E-state index in [-0.39, 0.29) is 0 Å². The lowest BCUT2D eigenvalue weighted by Crippen LogP contribution is -2.61. The monoisotopic (exact) mass is 227 g/mol. The Hall–Kier alpha value is -1.19. The van der Waals surface area contributed by atoms with E-state index in [2.05, 4.69) is 34.9 Å². The van der Waals surface area contributed by atoms with Gasteiger partial charge in [-0.15, -0.1) is 0 Å².